The quantitative estimate of drug-likeness (QED) is 0.133. The lowest BCUT2D eigenvalue weighted by Gasteiger charge is -2.14. The fourth-order valence-electron chi connectivity index (χ4n) is 7.32. The molecule has 6 nitrogen and oxygen atoms in total. The third kappa shape index (κ3) is 5.90. The first-order chi connectivity index (χ1) is 26.7. The molecule has 54 heavy (non-hydrogen) atoms. The molecule has 260 valence electrons. The summed E-state index contributed by atoms with van der Waals surface area (Å²) < 4.78 is 17.2. The number of aromatic nitrogens is 4. The molecule has 0 aliphatic rings. The van der Waals surface area contributed by atoms with E-state index < -0.39 is 0 Å². The Balaban J connectivity index is 1.15. The van der Waals surface area contributed by atoms with Gasteiger partial charge in [-0.15, -0.1) is 10.2 Å². The lowest BCUT2D eigenvalue weighted by atomic mass is 10.1. The molecular formula is C48H36N4O2. The van der Waals surface area contributed by atoms with Crippen LogP contribution in [0.3, 0.4) is 0 Å². The van der Waals surface area contributed by atoms with E-state index in [2.05, 4.69) is 141 Å². The molecule has 0 atom stereocenters. The Morgan fingerprint density at radius 3 is 1.67 bits per heavy atom. The molecule has 0 unspecified atom stereocenters. The van der Waals surface area contributed by atoms with Crippen LogP contribution >= 0.6 is 0 Å². The van der Waals surface area contributed by atoms with Gasteiger partial charge in [-0.25, -0.2) is 0 Å². The number of para-hydroxylation sites is 4. The summed E-state index contributed by atoms with van der Waals surface area (Å²) in [4.78, 5) is 0. The van der Waals surface area contributed by atoms with Crippen molar-refractivity contribution in [1.29, 1.82) is 0 Å². The van der Waals surface area contributed by atoms with Crippen LogP contribution in [0, 0.1) is 0 Å². The van der Waals surface area contributed by atoms with E-state index in [0.717, 1.165) is 50.1 Å². The van der Waals surface area contributed by atoms with Gasteiger partial charge in [-0.3, -0.25) is 0 Å². The summed E-state index contributed by atoms with van der Waals surface area (Å²) in [7, 11) is 0. The van der Waals surface area contributed by atoms with Crippen molar-refractivity contribution in [2.24, 2.45) is 0 Å². The average Bonchev–Trinajstić information content (AvgIpc) is 3.94. The smallest absolute Gasteiger partial charge is 0.248 e. The van der Waals surface area contributed by atoms with Crippen molar-refractivity contribution in [2.45, 2.75) is 6.92 Å². The highest BCUT2D eigenvalue weighted by atomic mass is 16.5. The third-order valence-electron chi connectivity index (χ3n) is 9.70. The van der Waals surface area contributed by atoms with Crippen LogP contribution in [0.5, 0.6) is 5.75 Å². The van der Waals surface area contributed by atoms with Crippen molar-refractivity contribution in [3.05, 3.63) is 188 Å². The minimum Gasteiger partial charge on any atom is -0.490 e. The van der Waals surface area contributed by atoms with Crippen molar-refractivity contribution < 1.29 is 9.15 Å². The van der Waals surface area contributed by atoms with Gasteiger partial charge >= 0.3 is 0 Å². The largest absolute Gasteiger partial charge is 0.490 e. The second-order valence-corrected chi connectivity index (χ2v) is 13.0. The Morgan fingerprint density at radius 1 is 0.630 bits per heavy atom. The van der Waals surface area contributed by atoms with Crippen LogP contribution in [-0.2, 0) is 0 Å². The molecule has 0 N–H and O–H groups in total. The number of allylic oxidation sites excluding steroid dienone is 6. The summed E-state index contributed by atoms with van der Waals surface area (Å²) in [5.41, 5.74) is 9.09. The number of nitrogens with zero attached hydrogens (tertiary/aromatic N) is 4. The second kappa shape index (κ2) is 14.1. The molecule has 0 aliphatic heterocycles. The van der Waals surface area contributed by atoms with Gasteiger partial charge in [-0.2, -0.15) is 0 Å². The molecular weight excluding hydrogens is 665 g/mol. The van der Waals surface area contributed by atoms with Crippen LogP contribution in [-0.4, -0.2) is 25.9 Å². The highest BCUT2D eigenvalue weighted by Crippen LogP contribution is 2.38. The summed E-state index contributed by atoms with van der Waals surface area (Å²) in [5.74, 6) is 1.55. The van der Waals surface area contributed by atoms with Gasteiger partial charge in [0.1, 0.15) is 12.4 Å². The van der Waals surface area contributed by atoms with Crippen molar-refractivity contribution in [2.75, 3.05) is 6.61 Å². The molecule has 0 spiro atoms. The average molecular weight is 701 g/mol. The predicted octanol–water partition coefficient (Wildman–Crippen LogP) is 12.2. The first kappa shape index (κ1) is 32.7. The maximum absolute atomic E-state index is 6.48. The van der Waals surface area contributed by atoms with E-state index in [0.29, 0.717) is 24.1 Å². The number of hydrogen-bond acceptors (Lipinski definition) is 4. The zero-order valence-corrected chi connectivity index (χ0v) is 29.8. The van der Waals surface area contributed by atoms with E-state index in [4.69, 9.17) is 9.15 Å². The molecule has 9 rings (SSSR count). The maximum atomic E-state index is 6.48. The predicted molar refractivity (Wildman–Crippen MR) is 222 cm³/mol. The summed E-state index contributed by atoms with van der Waals surface area (Å²) in [6.07, 6.45) is 11.7. The number of hydrogen-bond donors (Lipinski definition) is 0. The van der Waals surface area contributed by atoms with E-state index in [9.17, 15) is 0 Å². The number of ether oxygens (including phenoxy) is 1. The Morgan fingerprint density at radius 2 is 1.15 bits per heavy atom. The monoisotopic (exact) mass is 700 g/mol. The molecule has 6 aromatic carbocycles. The van der Waals surface area contributed by atoms with Crippen molar-refractivity contribution in [3.8, 4) is 40.0 Å². The second-order valence-electron chi connectivity index (χ2n) is 13.0. The summed E-state index contributed by atoms with van der Waals surface area (Å²) >= 11 is 0. The van der Waals surface area contributed by atoms with Gasteiger partial charge in [0.2, 0.25) is 11.8 Å². The van der Waals surface area contributed by atoms with Crippen LogP contribution in [0.1, 0.15) is 6.92 Å². The van der Waals surface area contributed by atoms with E-state index in [-0.39, 0.29) is 0 Å². The number of fused-ring (bicyclic) bond motifs is 6. The molecule has 0 aliphatic carbocycles. The van der Waals surface area contributed by atoms with Crippen LogP contribution in [0.4, 0.5) is 0 Å². The molecule has 3 heterocycles. The van der Waals surface area contributed by atoms with Crippen molar-refractivity contribution in [3.63, 3.8) is 0 Å². The number of rotatable bonds is 10. The Labute approximate surface area is 312 Å². The standard InChI is InChI=1S/C48H36N4O2/c1-3-16-33(4-2)17-13-14-28-53-38-19-15-18-34(31-38)47-49-50-48(54-47)35-29-36(51-43-24-9-5-20-39(43)40-21-6-10-25-44(40)51)32-37(30-35)52-45-26-11-7-22-41(45)42-23-8-12-27-46(42)52/h3-27,29-32H,2,28H2,1H3. The Hall–Kier alpha value is -7.18. The number of benzene rings is 6. The van der Waals surface area contributed by atoms with Crippen molar-refractivity contribution >= 4 is 43.6 Å². The molecule has 0 saturated carbocycles. The topological polar surface area (TPSA) is 58.0 Å². The van der Waals surface area contributed by atoms with Crippen LogP contribution in [0.15, 0.2) is 193 Å². The van der Waals surface area contributed by atoms with Crippen LogP contribution < -0.4 is 4.74 Å². The Kier molecular flexibility index (Phi) is 8.54. The van der Waals surface area contributed by atoms with Gasteiger partial charge in [0.25, 0.3) is 0 Å². The van der Waals surface area contributed by atoms with Crippen LogP contribution in [0.2, 0.25) is 0 Å². The lowest BCUT2D eigenvalue weighted by Crippen LogP contribution is -2.00. The molecule has 0 fully saturated rings. The first-order valence-electron chi connectivity index (χ1n) is 18.0. The van der Waals surface area contributed by atoms with Gasteiger partial charge in [-0.1, -0.05) is 116 Å². The van der Waals surface area contributed by atoms with E-state index in [1.165, 1.54) is 21.5 Å². The molecule has 0 bridgehead atoms. The zero-order valence-electron chi connectivity index (χ0n) is 29.8. The Bertz CT molecular complexity index is 2700. The minimum absolute atomic E-state index is 0.413. The van der Waals surface area contributed by atoms with Gasteiger partial charge in [-0.05, 0) is 79.2 Å². The van der Waals surface area contributed by atoms with Gasteiger partial charge in [0.05, 0.1) is 22.1 Å². The molecule has 0 saturated heterocycles. The van der Waals surface area contributed by atoms with E-state index >= 15 is 0 Å². The first-order valence-corrected chi connectivity index (χ1v) is 18.0. The SMILES string of the molecule is C=CC(C=CC)=CC=CCOc1cccc(-c2nnc(-c3cc(-n4c5ccccc5c5ccccc54)cc(-n4c5ccccc5c5ccccc54)c3)o2)c1. The zero-order chi connectivity index (χ0) is 36.4. The minimum atomic E-state index is 0.413. The normalized spacial score (nSPS) is 12.3. The van der Waals surface area contributed by atoms with E-state index in [1.807, 2.05) is 67.6 Å². The molecule has 9 aromatic rings. The fraction of sp³-hybridized carbons (Fsp3) is 0.0417. The van der Waals surface area contributed by atoms with Crippen LogP contribution in [0.25, 0.3) is 77.9 Å². The highest BCUT2D eigenvalue weighted by molar-refractivity contribution is 6.10. The lowest BCUT2D eigenvalue weighted by molar-refractivity contribution is 0.363. The third-order valence-corrected chi connectivity index (χ3v) is 9.70. The maximum Gasteiger partial charge on any atom is 0.248 e. The van der Waals surface area contributed by atoms with Gasteiger partial charge in [0.15, 0.2) is 0 Å². The fourth-order valence-corrected chi connectivity index (χ4v) is 7.32. The summed E-state index contributed by atoms with van der Waals surface area (Å²) in [5, 5.41) is 13.9. The van der Waals surface area contributed by atoms with Gasteiger partial charge < -0.3 is 18.3 Å². The molecule has 0 radical (unpaired) electrons. The summed E-state index contributed by atoms with van der Waals surface area (Å²) in [6, 6.07) is 48.5. The van der Waals surface area contributed by atoms with Crippen molar-refractivity contribution in [1.82, 2.24) is 19.3 Å². The van der Waals surface area contributed by atoms with E-state index in [1.54, 1.807) is 0 Å². The highest BCUT2D eigenvalue weighted by Gasteiger charge is 2.19. The van der Waals surface area contributed by atoms with Gasteiger partial charge in [0, 0.05) is 44.0 Å². The molecule has 6 heteroatoms. The summed E-state index contributed by atoms with van der Waals surface area (Å²) in [6.45, 7) is 6.25. The molecule has 3 aromatic heterocycles. The molecule has 0 amide bonds.